The molecule has 3 rings (SSSR count). The lowest BCUT2D eigenvalue weighted by molar-refractivity contribution is 0.0746. The van der Waals surface area contributed by atoms with Crippen LogP contribution >= 0.6 is 11.5 Å². The number of aromatic nitrogens is 3. The third-order valence-electron chi connectivity index (χ3n) is 3.82. The number of nitrogens with one attached hydrogen (secondary N) is 1. The van der Waals surface area contributed by atoms with Crippen LogP contribution in [0.1, 0.15) is 35.9 Å². The summed E-state index contributed by atoms with van der Waals surface area (Å²) in [6, 6.07) is 2.94. The first-order valence-electron chi connectivity index (χ1n) is 7.61. The average Bonchev–Trinajstić information content (AvgIpc) is 3.05. The molecule has 0 aliphatic carbocycles. The lowest BCUT2D eigenvalue weighted by Crippen LogP contribution is -2.48. The summed E-state index contributed by atoms with van der Waals surface area (Å²) in [5.74, 6) is 1.14. The standard InChI is InChI=1S/C15H19N5O2S/c1-10(2)13-17-15(23-18-13)20-7-5-19(6-8-20)14(22)11-3-4-12(21)16-9-11/h3-4,9-10H,5-8H2,1-2H3,(H,16,21). The van der Waals surface area contributed by atoms with Gasteiger partial charge in [-0.15, -0.1) is 0 Å². The van der Waals surface area contributed by atoms with Crippen molar-refractivity contribution in [3.8, 4) is 0 Å². The van der Waals surface area contributed by atoms with Crippen LogP contribution in [0.25, 0.3) is 0 Å². The van der Waals surface area contributed by atoms with E-state index in [1.54, 1.807) is 11.0 Å². The number of H-pyrrole nitrogens is 1. The van der Waals surface area contributed by atoms with Gasteiger partial charge in [0.2, 0.25) is 10.7 Å². The van der Waals surface area contributed by atoms with Crippen molar-refractivity contribution in [3.63, 3.8) is 0 Å². The Bertz CT molecular complexity index is 726. The SMILES string of the molecule is CC(C)c1nsc(N2CCN(C(=O)c3ccc(=O)[nH]c3)CC2)n1. The first kappa shape index (κ1) is 15.7. The van der Waals surface area contributed by atoms with E-state index in [1.807, 2.05) is 0 Å². The molecule has 0 saturated carbocycles. The number of carbonyl (C=O) groups is 1. The van der Waals surface area contributed by atoms with Gasteiger partial charge < -0.3 is 14.8 Å². The largest absolute Gasteiger partial charge is 0.343 e. The lowest BCUT2D eigenvalue weighted by Gasteiger charge is -2.34. The number of piperazine rings is 1. The first-order chi connectivity index (χ1) is 11.0. The maximum absolute atomic E-state index is 12.4. The molecule has 3 heterocycles. The van der Waals surface area contributed by atoms with Crippen LogP contribution in [0.5, 0.6) is 0 Å². The number of nitrogens with zero attached hydrogens (tertiary/aromatic N) is 4. The van der Waals surface area contributed by atoms with E-state index in [0.29, 0.717) is 24.6 Å². The number of pyridine rings is 1. The number of anilines is 1. The van der Waals surface area contributed by atoms with E-state index in [1.165, 1.54) is 23.8 Å². The molecule has 8 heteroatoms. The molecule has 23 heavy (non-hydrogen) atoms. The van der Waals surface area contributed by atoms with Crippen LogP contribution in [0.3, 0.4) is 0 Å². The van der Waals surface area contributed by atoms with Crippen molar-refractivity contribution in [1.82, 2.24) is 19.2 Å². The second-order valence-electron chi connectivity index (χ2n) is 5.81. The van der Waals surface area contributed by atoms with Gasteiger partial charge in [-0.2, -0.15) is 4.37 Å². The summed E-state index contributed by atoms with van der Waals surface area (Å²) >= 11 is 1.41. The molecule has 1 aliphatic rings. The van der Waals surface area contributed by atoms with Gasteiger partial charge in [-0.05, 0) is 6.07 Å². The molecule has 0 aromatic carbocycles. The highest BCUT2D eigenvalue weighted by Gasteiger charge is 2.24. The smallest absolute Gasteiger partial charge is 0.255 e. The van der Waals surface area contributed by atoms with Crippen molar-refractivity contribution in [2.24, 2.45) is 0 Å². The summed E-state index contributed by atoms with van der Waals surface area (Å²) in [4.78, 5) is 34.5. The van der Waals surface area contributed by atoms with Gasteiger partial charge in [0.15, 0.2) is 0 Å². The van der Waals surface area contributed by atoms with Crippen LogP contribution in [0.2, 0.25) is 0 Å². The molecule has 0 spiro atoms. The highest BCUT2D eigenvalue weighted by Crippen LogP contribution is 2.22. The molecule has 1 fully saturated rings. The molecule has 7 nitrogen and oxygen atoms in total. The minimum atomic E-state index is -0.205. The normalized spacial score (nSPS) is 15.3. The summed E-state index contributed by atoms with van der Waals surface area (Å²) in [6.45, 7) is 6.89. The third kappa shape index (κ3) is 3.42. The fourth-order valence-electron chi connectivity index (χ4n) is 2.42. The average molecular weight is 333 g/mol. The maximum Gasteiger partial charge on any atom is 0.255 e. The van der Waals surface area contributed by atoms with E-state index in [2.05, 4.69) is 33.1 Å². The summed E-state index contributed by atoms with van der Waals surface area (Å²) in [6.07, 6.45) is 1.47. The number of aromatic amines is 1. The number of hydrogen-bond acceptors (Lipinski definition) is 6. The van der Waals surface area contributed by atoms with E-state index in [4.69, 9.17) is 0 Å². The van der Waals surface area contributed by atoms with Crippen LogP contribution in [0, 0.1) is 0 Å². The summed E-state index contributed by atoms with van der Waals surface area (Å²) in [7, 11) is 0. The molecule has 1 saturated heterocycles. The van der Waals surface area contributed by atoms with Crippen molar-refractivity contribution in [3.05, 3.63) is 40.1 Å². The van der Waals surface area contributed by atoms with E-state index < -0.39 is 0 Å². The van der Waals surface area contributed by atoms with Gasteiger partial charge in [0.05, 0.1) is 5.56 Å². The Hall–Kier alpha value is -2.22. The van der Waals surface area contributed by atoms with Gasteiger partial charge in [0.1, 0.15) is 5.82 Å². The minimum Gasteiger partial charge on any atom is -0.343 e. The van der Waals surface area contributed by atoms with Crippen LogP contribution in [0.4, 0.5) is 5.13 Å². The van der Waals surface area contributed by atoms with Gasteiger partial charge in [-0.25, -0.2) is 4.98 Å². The zero-order valence-corrected chi connectivity index (χ0v) is 14.0. The highest BCUT2D eigenvalue weighted by atomic mass is 32.1. The van der Waals surface area contributed by atoms with Crippen LogP contribution in [-0.2, 0) is 0 Å². The molecule has 0 radical (unpaired) electrons. The van der Waals surface area contributed by atoms with E-state index in [0.717, 1.165) is 24.0 Å². The highest BCUT2D eigenvalue weighted by molar-refractivity contribution is 7.09. The summed E-state index contributed by atoms with van der Waals surface area (Å²) in [5.41, 5.74) is 0.305. The molecule has 1 N–H and O–H groups in total. The van der Waals surface area contributed by atoms with Crippen molar-refractivity contribution in [2.75, 3.05) is 31.1 Å². The Kier molecular flexibility index (Phi) is 4.42. The Balaban J connectivity index is 1.62. The van der Waals surface area contributed by atoms with Gasteiger partial charge in [-0.1, -0.05) is 13.8 Å². The molecule has 0 unspecified atom stereocenters. The van der Waals surface area contributed by atoms with Crippen molar-refractivity contribution in [2.45, 2.75) is 19.8 Å². The predicted molar refractivity (Wildman–Crippen MR) is 89.2 cm³/mol. The number of amides is 1. The zero-order valence-electron chi connectivity index (χ0n) is 13.2. The second kappa shape index (κ2) is 6.49. The monoisotopic (exact) mass is 333 g/mol. The zero-order chi connectivity index (χ0) is 16.4. The Morgan fingerprint density at radius 3 is 2.57 bits per heavy atom. The Morgan fingerprint density at radius 2 is 2.00 bits per heavy atom. The Labute approximate surface area is 138 Å². The molecule has 0 bridgehead atoms. The van der Waals surface area contributed by atoms with Crippen LogP contribution in [-0.4, -0.2) is 51.3 Å². The molecule has 2 aromatic heterocycles. The Morgan fingerprint density at radius 1 is 1.26 bits per heavy atom. The van der Waals surface area contributed by atoms with Crippen molar-refractivity contribution < 1.29 is 4.79 Å². The van der Waals surface area contributed by atoms with Crippen molar-refractivity contribution in [1.29, 1.82) is 0 Å². The molecule has 1 amide bonds. The lowest BCUT2D eigenvalue weighted by atomic mass is 10.2. The van der Waals surface area contributed by atoms with Gasteiger partial charge in [0.25, 0.3) is 5.91 Å². The molecular weight excluding hydrogens is 314 g/mol. The first-order valence-corrected chi connectivity index (χ1v) is 8.38. The second-order valence-corrected chi connectivity index (χ2v) is 6.54. The van der Waals surface area contributed by atoms with Crippen LogP contribution in [0.15, 0.2) is 23.1 Å². The number of hydrogen-bond donors (Lipinski definition) is 1. The fraction of sp³-hybridized carbons (Fsp3) is 0.467. The number of carbonyl (C=O) groups excluding carboxylic acids is 1. The van der Waals surface area contributed by atoms with Crippen molar-refractivity contribution >= 4 is 22.6 Å². The molecule has 2 aromatic rings. The summed E-state index contributed by atoms with van der Waals surface area (Å²) in [5, 5.41) is 0.921. The third-order valence-corrected chi connectivity index (χ3v) is 4.61. The predicted octanol–water partition coefficient (Wildman–Crippen LogP) is 1.31. The minimum absolute atomic E-state index is 0.0546. The van der Waals surface area contributed by atoms with Gasteiger partial charge in [-0.3, -0.25) is 9.59 Å². The number of rotatable bonds is 3. The van der Waals surface area contributed by atoms with Gasteiger partial charge >= 0.3 is 0 Å². The quantitative estimate of drug-likeness (QED) is 0.916. The molecule has 1 aliphatic heterocycles. The van der Waals surface area contributed by atoms with E-state index in [9.17, 15) is 9.59 Å². The van der Waals surface area contributed by atoms with Gasteiger partial charge in [0, 0.05) is 55.9 Å². The van der Waals surface area contributed by atoms with E-state index >= 15 is 0 Å². The molecular formula is C15H19N5O2S. The molecule has 122 valence electrons. The molecule has 0 atom stereocenters. The van der Waals surface area contributed by atoms with Crippen LogP contribution < -0.4 is 10.5 Å². The maximum atomic E-state index is 12.4. The van der Waals surface area contributed by atoms with E-state index in [-0.39, 0.29) is 11.5 Å². The topological polar surface area (TPSA) is 82.2 Å². The fourth-order valence-corrected chi connectivity index (χ4v) is 3.28. The summed E-state index contributed by atoms with van der Waals surface area (Å²) < 4.78 is 4.38.